The number of carboxylic acids is 1. The van der Waals surface area contributed by atoms with Crippen molar-refractivity contribution >= 4 is 5.97 Å². The summed E-state index contributed by atoms with van der Waals surface area (Å²) in [5, 5.41) is 8.81. The van der Waals surface area contributed by atoms with E-state index in [9.17, 15) is 31.1 Å². The number of hydrogen-bond acceptors (Lipinski definition) is 4. The first kappa shape index (κ1) is 19.3. The Morgan fingerprint density at radius 1 is 1.08 bits per heavy atom. The summed E-state index contributed by atoms with van der Waals surface area (Å²) in [4.78, 5) is 14.4. The van der Waals surface area contributed by atoms with Gasteiger partial charge in [0, 0.05) is 6.07 Å². The van der Waals surface area contributed by atoms with E-state index < -0.39 is 47.7 Å². The van der Waals surface area contributed by atoms with Crippen molar-refractivity contribution in [3.05, 3.63) is 47.7 Å². The lowest BCUT2D eigenvalue weighted by Gasteiger charge is -2.16. The number of ether oxygens (including phenoxy) is 2. The second kappa shape index (κ2) is 7.10. The number of aromatic carboxylic acids is 1. The van der Waals surface area contributed by atoms with E-state index in [1.807, 2.05) is 0 Å². The third-order valence-electron chi connectivity index (χ3n) is 2.81. The molecule has 5 nitrogen and oxygen atoms in total. The predicted molar refractivity (Wildman–Crippen MR) is 74.3 cm³/mol. The van der Waals surface area contributed by atoms with E-state index in [-0.39, 0.29) is 5.88 Å². The lowest BCUT2D eigenvalue weighted by Crippen LogP contribution is -2.20. The van der Waals surface area contributed by atoms with Gasteiger partial charge in [-0.25, -0.2) is 9.78 Å². The first-order valence-corrected chi connectivity index (χ1v) is 6.75. The van der Waals surface area contributed by atoms with Crippen LogP contribution >= 0.6 is 0 Å². The van der Waals surface area contributed by atoms with Crippen LogP contribution < -0.4 is 9.47 Å². The molecule has 0 bridgehead atoms. The minimum Gasteiger partial charge on any atom is -0.483 e. The maximum Gasteiger partial charge on any atom is 0.422 e. The average Bonchev–Trinajstić information content (AvgIpc) is 2.52. The second-order valence-corrected chi connectivity index (χ2v) is 4.83. The molecule has 140 valence electrons. The van der Waals surface area contributed by atoms with E-state index in [0.29, 0.717) is 12.1 Å². The molecule has 1 heterocycles. The Kier molecular flexibility index (Phi) is 5.28. The summed E-state index contributed by atoms with van der Waals surface area (Å²) in [5.74, 6) is -3.11. The number of halogens is 6. The van der Waals surface area contributed by atoms with Crippen LogP contribution in [-0.2, 0) is 6.18 Å². The summed E-state index contributed by atoms with van der Waals surface area (Å²) in [6, 6.07) is 5.65. The summed E-state index contributed by atoms with van der Waals surface area (Å²) in [6.45, 7) is -1.89. The number of rotatable bonds is 5. The predicted octanol–water partition coefficient (Wildman–Crippen LogP) is 4.53. The maximum absolute atomic E-state index is 13.0. The van der Waals surface area contributed by atoms with Crippen molar-refractivity contribution in [3.8, 4) is 17.4 Å². The zero-order valence-corrected chi connectivity index (χ0v) is 12.6. The number of hydrogen-bond donors (Lipinski definition) is 1. The zero-order valence-electron chi connectivity index (χ0n) is 12.6. The molecule has 0 atom stereocenters. The van der Waals surface area contributed by atoms with Crippen LogP contribution in [0.2, 0.25) is 0 Å². The quantitative estimate of drug-likeness (QED) is 0.771. The number of carboxylic acid groups (broad SMARTS) is 1. The fourth-order valence-electron chi connectivity index (χ4n) is 1.79. The standard InChI is InChI=1S/C15H9F6NO4/c16-14(17,18)7-25-11-5-4-8(6-9(11)15(19,20)21)26-12-3-1-2-10(22-12)13(23)24/h1-6H,7H2,(H,23,24). The Bertz CT molecular complexity index is 803. The van der Waals surface area contributed by atoms with Crippen LogP contribution in [0, 0.1) is 0 Å². The molecule has 0 unspecified atom stereocenters. The van der Waals surface area contributed by atoms with Crippen LogP contribution in [-0.4, -0.2) is 28.8 Å². The van der Waals surface area contributed by atoms with Gasteiger partial charge in [0.2, 0.25) is 5.88 Å². The zero-order chi connectivity index (χ0) is 19.5. The highest BCUT2D eigenvalue weighted by Gasteiger charge is 2.36. The van der Waals surface area contributed by atoms with Crippen molar-refractivity contribution in [1.82, 2.24) is 4.98 Å². The fourth-order valence-corrected chi connectivity index (χ4v) is 1.79. The van der Waals surface area contributed by atoms with Crippen LogP contribution in [0.25, 0.3) is 0 Å². The number of benzene rings is 1. The lowest BCUT2D eigenvalue weighted by atomic mass is 10.2. The average molecular weight is 381 g/mol. The SMILES string of the molecule is O=C(O)c1cccc(Oc2ccc(OCC(F)(F)F)c(C(F)(F)F)c2)n1. The van der Waals surface area contributed by atoms with Gasteiger partial charge in [-0.1, -0.05) is 6.07 Å². The largest absolute Gasteiger partial charge is 0.483 e. The minimum absolute atomic E-state index is 0.304. The molecule has 0 saturated carbocycles. The van der Waals surface area contributed by atoms with Crippen molar-refractivity contribution in [2.24, 2.45) is 0 Å². The Balaban J connectivity index is 2.30. The van der Waals surface area contributed by atoms with Gasteiger partial charge in [0.15, 0.2) is 12.3 Å². The van der Waals surface area contributed by atoms with E-state index in [2.05, 4.69) is 9.72 Å². The molecule has 11 heteroatoms. The molecule has 2 rings (SSSR count). The molecule has 1 N–H and O–H groups in total. The maximum atomic E-state index is 13.0. The molecule has 0 saturated heterocycles. The smallest absolute Gasteiger partial charge is 0.422 e. The van der Waals surface area contributed by atoms with Gasteiger partial charge in [0.25, 0.3) is 0 Å². The molecule has 0 aliphatic rings. The van der Waals surface area contributed by atoms with Gasteiger partial charge in [-0.15, -0.1) is 0 Å². The molecule has 0 aliphatic heterocycles. The van der Waals surface area contributed by atoms with E-state index in [1.54, 1.807) is 0 Å². The van der Waals surface area contributed by atoms with Crippen molar-refractivity contribution in [2.75, 3.05) is 6.61 Å². The Hall–Kier alpha value is -2.98. The molecule has 0 amide bonds. The normalized spacial score (nSPS) is 11.9. The van der Waals surface area contributed by atoms with Crippen molar-refractivity contribution in [2.45, 2.75) is 12.4 Å². The van der Waals surface area contributed by atoms with Gasteiger partial charge in [0.1, 0.15) is 17.1 Å². The number of carbonyl (C=O) groups is 1. The van der Waals surface area contributed by atoms with E-state index in [4.69, 9.17) is 9.84 Å². The third kappa shape index (κ3) is 5.26. The van der Waals surface area contributed by atoms with Gasteiger partial charge in [0.05, 0.1) is 0 Å². The van der Waals surface area contributed by atoms with Crippen LogP contribution in [0.15, 0.2) is 36.4 Å². The second-order valence-electron chi connectivity index (χ2n) is 4.83. The molecule has 2 aromatic rings. The molecule has 0 radical (unpaired) electrons. The monoisotopic (exact) mass is 381 g/mol. The molecule has 26 heavy (non-hydrogen) atoms. The Labute approximate surface area is 141 Å². The summed E-state index contributed by atoms with van der Waals surface area (Å²) >= 11 is 0. The van der Waals surface area contributed by atoms with Gasteiger partial charge in [-0.05, 0) is 24.3 Å². The molecular formula is C15H9F6NO4. The molecule has 0 aliphatic carbocycles. The molecule has 0 fully saturated rings. The highest BCUT2D eigenvalue weighted by Crippen LogP contribution is 2.39. The van der Waals surface area contributed by atoms with Crippen LogP contribution in [0.4, 0.5) is 26.3 Å². The highest BCUT2D eigenvalue weighted by atomic mass is 19.4. The summed E-state index contributed by atoms with van der Waals surface area (Å²) < 4.78 is 84.8. The molecule has 1 aromatic heterocycles. The van der Waals surface area contributed by atoms with Crippen molar-refractivity contribution < 1.29 is 45.7 Å². The van der Waals surface area contributed by atoms with Crippen LogP contribution in [0.5, 0.6) is 17.4 Å². The summed E-state index contributed by atoms with van der Waals surface area (Å²) in [6.07, 6.45) is -9.81. The Morgan fingerprint density at radius 3 is 2.35 bits per heavy atom. The first-order chi connectivity index (χ1) is 12.0. The van der Waals surface area contributed by atoms with Crippen molar-refractivity contribution in [3.63, 3.8) is 0 Å². The van der Waals surface area contributed by atoms with Gasteiger partial charge >= 0.3 is 18.3 Å². The van der Waals surface area contributed by atoms with Crippen LogP contribution in [0.3, 0.4) is 0 Å². The number of aromatic nitrogens is 1. The van der Waals surface area contributed by atoms with Gasteiger partial charge in [-0.3, -0.25) is 0 Å². The highest BCUT2D eigenvalue weighted by molar-refractivity contribution is 5.85. The van der Waals surface area contributed by atoms with Gasteiger partial charge < -0.3 is 14.6 Å². The number of nitrogens with zero attached hydrogens (tertiary/aromatic N) is 1. The minimum atomic E-state index is -5.00. The fraction of sp³-hybridized carbons (Fsp3) is 0.200. The van der Waals surface area contributed by atoms with E-state index >= 15 is 0 Å². The van der Waals surface area contributed by atoms with Gasteiger partial charge in [-0.2, -0.15) is 26.3 Å². The number of alkyl halides is 6. The molecule has 0 spiro atoms. The van der Waals surface area contributed by atoms with Crippen molar-refractivity contribution in [1.29, 1.82) is 0 Å². The molecule has 1 aromatic carbocycles. The van der Waals surface area contributed by atoms with Crippen LogP contribution in [0.1, 0.15) is 16.1 Å². The Morgan fingerprint density at radius 2 is 1.77 bits per heavy atom. The first-order valence-electron chi connectivity index (χ1n) is 6.75. The number of pyridine rings is 1. The molecular weight excluding hydrogens is 372 g/mol. The summed E-state index contributed by atoms with van der Waals surface area (Å²) in [7, 11) is 0. The topological polar surface area (TPSA) is 68.7 Å². The summed E-state index contributed by atoms with van der Waals surface area (Å²) in [5.41, 5.74) is -1.88. The van der Waals surface area contributed by atoms with E-state index in [0.717, 1.165) is 12.1 Å². The lowest BCUT2D eigenvalue weighted by molar-refractivity contribution is -0.158. The third-order valence-corrected chi connectivity index (χ3v) is 2.81. The van der Waals surface area contributed by atoms with E-state index in [1.165, 1.54) is 12.1 Å².